The van der Waals surface area contributed by atoms with Gasteiger partial charge in [-0.2, -0.15) is 11.8 Å². The molecule has 1 saturated carbocycles. The number of aliphatic hydroxyl groups is 1. The predicted molar refractivity (Wildman–Crippen MR) is 76.3 cm³/mol. The lowest BCUT2D eigenvalue weighted by molar-refractivity contribution is 0.00579. The van der Waals surface area contributed by atoms with Gasteiger partial charge in [-0.1, -0.05) is 0 Å². The molecule has 3 unspecified atom stereocenters. The Hall–Kier alpha value is 0.190. The lowest BCUT2D eigenvalue weighted by Gasteiger charge is -2.16. The van der Waals surface area contributed by atoms with Crippen LogP contribution < -0.4 is 5.32 Å². The number of hydrogen-bond acceptors (Lipinski definition) is 5. The Kier molecular flexibility index (Phi) is 9.06. The summed E-state index contributed by atoms with van der Waals surface area (Å²) in [5.74, 6) is 0. The highest BCUT2D eigenvalue weighted by Gasteiger charge is 2.23. The van der Waals surface area contributed by atoms with Crippen LogP contribution in [-0.4, -0.2) is 61.7 Å². The molecule has 0 heterocycles. The fraction of sp³-hybridized carbons (Fsp3) is 1.00. The van der Waals surface area contributed by atoms with E-state index in [1.165, 1.54) is 19.3 Å². The summed E-state index contributed by atoms with van der Waals surface area (Å²) in [6, 6.07) is 0.570. The van der Waals surface area contributed by atoms with Crippen LogP contribution in [0.4, 0.5) is 0 Å². The van der Waals surface area contributed by atoms with E-state index in [-0.39, 0.29) is 0 Å². The zero-order valence-corrected chi connectivity index (χ0v) is 12.4. The van der Waals surface area contributed by atoms with E-state index < -0.39 is 6.10 Å². The summed E-state index contributed by atoms with van der Waals surface area (Å²) in [4.78, 5) is 0. The quantitative estimate of drug-likeness (QED) is 0.589. The van der Waals surface area contributed by atoms with Crippen LogP contribution in [0.15, 0.2) is 0 Å². The van der Waals surface area contributed by atoms with Crippen LogP contribution in [0.2, 0.25) is 0 Å². The van der Waals surface area contributed by atoms with Crippen molar-refractivity contribution >= 4 is 11.8 Å². The maximum atomic E-state index is 9.76. The maximum absolute atomic E-state index is 9.76. The summed E-state index contributed by atoms with van der Waals surface area (Å²) in [6.07, 6.45) is 5.50. The molecule has 0 spiro atoms. The van der Waals surface area contributed by atoms with Crippen LogP contribution in [0.25, 0.3) is 0 Å². The third-order valence-electron chi connectivity index (χ3n) is 3.25. The average Bonchev–Trinajstić information content (AvgIpc) is 2.84. The summed E-state index contributed by atoms with van der Waals surface area (Å²) in [5.41, 5.74) is 0. The Morgan fingerprint density at radius 2 is 2.11 bits per heavy atom. The van der Waals surface area contributed by atoms with Gasteiger partial charge in [0.25, 0.3) is 0 Å². The molecule has 1 aliphatic rings. The third-order valence-corrected chi connectivity index (χ3v) is 4.34. The molecule has 1 fully saturated rings. The minimum absolute atomic E-state index is 0.388. The molecule has 18 heavy (non-hydrogen) atoms. The maximum Gasteiger partial charge on any atom is 0.0897 e. The van der Waals surface area contributed by atoms with Crippen LogP contribution in [-0.2, 0) is 9.47 Å². The molecule has 108 valence electrons. The molecule has 0 aromatic rings. The highest BCUT2D eigenvalue weighted by molar-refractivity contribution is 7.99. The molecule has 0 saturated heterocycles. The first kappa shape index (κ1) is 16.2. The van der Waals surface area contributed by atoms with Gasteiger partial charge in [0.2, 0.25) is 0 Å². The molecule has 2 N–H and O–H groups in total. The van der Waals surface area contributed by atoms with Gasteiger partial charge in [0, 0.05) is 24.4 Å². The fourth-order valence-electron chi connectivity index (χ4n) is 2.18. The SMILES string of the molecule is CCOCCOCC(O)CNC1CCC(SC)C1. The second-order valence-corrected chi connectivity index (χ2v) is 5.84. The standard InChI is InChI=1S/C13H27NO3S/c1-3-16-6-7-17-10-12(15)9-14-11-4-5-13(8-11)18-2/h11-15H,3-10H2,1-2H3. The van der Waals surface area contributed by atoms with Gasteiger partial charge in [-0.3, -0.25) is 0 Å². The first-order valence-electron chi connectivity index (χ1n) is 6.86. The zero-order chi connectivity index (χ0) is 13.2. The lowest BCUT2D eigenvalue weighted by atomic mass is 10.2. The number of rotatable bonds is 10. The van der Waals surface area contributed by atoms with Gasteiger partial charge in [-0.25, -0.2) is 0 Å². The Bertz CT molecular complexity index is 207. The van der Waals surface area contributed by atoms with Crippen molar-refractivity contribution in [2.75, 3.05) is 39.2 Å². The van der Waals surface area contributed by atoms with E-state index in [9.17, 15) is 5.11 Å². The summed E-state index contributed by atoms with van der Waals surface area (Å²) in [6.45, 7) is 4.85. The number of hydrogen-bond donors (Lipinski definition) is 2. The van der Waals surface area contributed by atoms with Crippen molar-refractivity contribution < 1.29 is 14.6 Å². The van der Waals surface area contributed by atoms with E-state index >= 15 is 0 Å². The van der Waals surface area contributed by atoms with E-state index in [1.54, 1.807) is 0 Å². The molecule has 3 atom stereocenters. The van der Waals surface area contributed by atoms with Crippen LogP contribution in [0.1, 0.15) is 26.2 Å². The van der Waals surface area contributed by atoms with Crippen molar-refractivity contribution in [3.8, 4) is 0 Å². The van der Waals surface area contributed by atoms with Crippen molar-refractivity contribution in [1.82, 2.24) is 5.32 Å². The minimum Gasteiger partial charge on any atom is -0.389 e. The smallest absolute Gasteiger partial charge is 0.0897 e. The monoisotopic (exact) mass is 277 g/mol. The van der Waals surface area contributed by atoms with Crippen molar-refractivity contribution in [2.45, 2.75) is 43.6 Å². The molecule has 1 rings (SSSR count). The van der Waals surface area contributed by atoms with Crippen LogP contribution in [0.3, 0.4) is 0 Å². The highest BCUT2D eigenvalue weighted by Crippen LogP contribution is 2.27. The number of ether oxygens (including phenoxy) is 2. The van der Waals surface area contributed by atoms with E-state index in [0.717, 1.165) is 5.25 Å². The zero-order valence-electron chi connectivity index (χ0n) is 11.6. The minimum atomic E-state index is -0.417. The summed E-state index contributed by atoms with van der Waals surface area (Å²) in [5, 5.41) is 14.0. The summed E-state index contributed by atoms with van der Waals surface area (Å²) < 4.78 is 10.5. The Morgan fingerprint density at radius 3 is 2.78 bits per heavy atom. The van der Waals surface area contributed by atoms with E-state index in [0.29, 0.717) is 39.0 Å². The Labute approximate surface area is 115 Å². The topological polar surface area (TPSA) is 50.7 Å². The van der Waals surface area contributed by atoms with Gasteiger partial charge in [-0.15, -0.1) is 0 Å². The van der Waals surface area contributed by atoms with Crippen LogP contribution in [0.5, 0.6) is 0 Å². The molecule has 0 aromatic heterocycles. The molecule has 0 radical (unpaired) electrons. The van der Waals surface area contributed by atoms with Crippen molar-refractivity contribution in [2.24, 2.45) is 0 Å². The van der Waals surface area contributed by atoms with Gasteiger partial charge < -0.3 is 19.9 Å². The largest absolute Gasteiger partial charge is 0.389 e. The van der Waals surface area contributed by atoms with Crippen molar-refractivity contribution in [3.05, 3.63) is 0 Å². The predicted octanol–water partition coefficient (Wildman–Crippen LogP) is 1.27. The summed E-state index contributed by atoms with van der Waals surface area (Å²) >= 11 is 1.95. The second kappa shape index (κ2) is 10.0. The van der Waals surface area contributed by atoms with E-state index in [2.05, 4.69) is 11.6 Å². The van der Waals surface area contributed by atoms with Crippen molar-refractivity contribution in [1.29, 1.82) is 0 Å². The molecular weight excluding hydrogens is 250 g/mol. The van der Waals surface area contributed by atoms with E-state index in [4.69, 9.17) is 9.47 Å². The summed E-state index contributed by atoms with van der Waals surface area (Å²) in [7, 11) is 0. The molecule has 5 heteroatoms. The fourth-order valence-corrected chi connectivity index (χ4v) is 2.98. The van der Waals surface area contributed by atoms with Gasteiger partial charge in [0.05, 0.1) is 25.9 Å². The first-order valence-corrected chi connectivity index (χ1v) is 8.14. The van der Waals surface area contributed by atoms with Gasteiger partial charge in [0.15, 0.2) is 0 Å². The molecule has 1 aliphatic carbocycles. The number of aliphatic hydroxyl groups excluding tert-OH is 1. The molecule has 0 aliphatic heterocycles. The molecule has 4 nitrogen and oxygen atoms in total. The normalized spacial score (nSPS) is 25.5. The molecule has 0 amide bonds. The molecule has 0 bridgehead atoms. The van der Waals surface area contributed by atoms with E-state index in [1.807, 2.05) is 18.7 Å². The second-order valence-electron chi connectivity index (χ2n) is 4.70. The number of nitrogens with one attached hydrogen (secondary N) is 1. The van der Waals surface area contributed by atoms with Gasteiger partial charge in [0.1, 0.15) is 0 Å². The highest BCUT2D eigenvalue weighted by atomic mass is 32.2. The van der Waals surface area contributed by atoms with Gasteiger partial charge >= 0.3 is 0 Å². The molecular formula is C13H27NO3S. The van der Waals surface area contributed by atoms with Crippen LogP contribution in [0, 0.1) is 0 Å². The molecule has 0 aromatic carbocycles. The third kappa shape index (κ3) is 6.95. The first-order chi connectivity index (χ1) is 8.76. The lowest BCUT2D eigenvalue weighted by Crippen LogP contribution is -2.36. The Balaban J connectivity index is 1.95. The van der Waals surface area contributed by atoms with Crippen LogP contribution >= 0.6 is 11.8 Å². The van der Waals surface area contributed by atoms with Crippen molar-refractivity contribution in [3.63, 3.8) is 0 Å². The van der Waals surface area contributed by atoms with Gasteiger partial charge in [-0.05, 0) is 32.4 Å². The average molecular weight is 277 g/mol. The number of thioether (sulfide) groups is 1. The Morgan fingerprint density at radius 1 is 1.33 bits per heavy atom.